The van der Waals surface area contributed by atoms with Crippen LogP contribution in [0.2, 0.25) is 0 Å². The van der Waals surface area contributed by atoms with Gasteiger partial charge in [0.1, 0.15) is 20.8 Å². The van der Waals surface area contributed by atoms with E-state index >= 15 is 4.39 Å². The first-order valence-electron chi connectivity index (χ1n) is 10.9. The predicted molar refractivity (Wildman–Crippen MR) is 124 cm³/mol. The first-order chi connectivity index (χ1) is 15.2. The average molecular weight is 460 g/mol. The zero-order valence-electron chi connectivity index (χ0n) is 18.3. The zero-order valence-corrected chi connectivity index (χ0v) is 19.1. The van der Waals surface area contributed by atoms with E-state index in [1.54, 1.807) is 0 Å². The van der Waals surface area contributed by atoms with Crippen LogP contribution < -0.4 is 20.8 Å². The SMILES string of the molecule is COc1c(N2CCC([C@H](C)N)C2)c(F)cc2c(=O)c3c(O)c(C(C)=O)sc3n(C3CC3)c12. The number of rotatable bonds is 5. The molecule has 7 nitrogen and oxygen atoms in total. The van der Waals surface area contributed by atoms with E-state index in [4.69, 9.17) is 10.5 Å². The third-order valence-electron chi connectivity index (χ3n) is 6.70. The number of nitrogens with zero attached hydrogens (tertiary/aromatic N) is 2. The highest BCUT2D eigenvalue weighted by atomic mass is 32.1. The smallest absolute Gasteiger partial charge is 0.202 e. The van der Waals surface area contributed by atoms with Gasteiger partial charge in [-0.1, -0.05) is 0 Å². The van der Waals surface area contributed by atoms with Gasteiger partial charge in [0, 0.05) is 32.1 Å². The Morgan fingerprint density at radius 3 is 2.66 bits per heavy atom. The number of aromatic hydroxyl groups is 1. The summed E-state index contributed by atoms with van der Waals surface area (Å²) in [6.07, 6.45) is 2.65. The fourth-order valence-electron chi connectivity index (χ4n) is 4.87. The van der Waals surface area contributed by atoms with Crippen LogP contribution in [0.1, 0.15) is 48.8 Å². The lowest BCUT2D eigenvalue weighted by atomic mass is 10.0. The molecule has 2 fully saturated rings. The molecule has 0 spiro atoms. The molecule has 1 saturated carbocycles. The second-order valence-corrected chi connectivity index (χ2v) is 9.94. The minimum absolute atomic E-state index is 0.00197. The number of fused-ring (bicyclic) bond motifs is 2. The molecule has 1 aromatic carbocycles. The lowest BCUT2D eigenvalue weighted by Gasteiger charge is -2.25. The van der Waals surface area contributed by atoms with E-state index in [1.165, 1.54) is 20.1 Å². The summed E-state index contributed by atoms with van der Waals surface area (Å²) in [6, 6.07) is 1.34. The molecule has 3 aromatic rings. The molecule has 0 bridgehead atoms. The summed E-state index contributed by atoms with van der Waals surface area (Å²) >= 11 is 1.11. The number of Topliss-reactive ketones (excluding diaryl/α,β-unsaturated/α-hetero) is 1. The van der Waals surface area contributed by atoms with Crippen LogP contribution in [-0.4, -0.2) is 41.7 Å². The van der Waals surface area contributed by atoms with Gasteiger partial charge in [-0.25, -0.2) is 4.39 Å². The Balaban J connectivity index is 1.86. The van der Waals surface area contributed by atoms with E-state index in [9.17, 15) is 14.7 Å². The zero-order chi connectivity index (χ0) is 22.9. The molecule has 1 aliphatic heterocycles. The van der Waals surface area contributed by atoms with E-state index in [1.807, 2.05) is 16.4 Å². The largest absolute Gasteiger partial charge is 0.505 e. The number of carbonyl (C=O) groups excluding carboxylic acids is 1. The lowest BCUT2D eigenvalue weighted by molar-refractivity contribution is 0.101. The van der Waals surface area contributed by atoms with E-state index in [-0.39, 0.29) is 45.2 Å². The fraction of sp³-hybridized carbons (Fsp3) is 0.478. The summed E-state index contributed by atoms with van der Waals surface area (Å²) in [4.78, 5) is 28.1. The maximum atomic E-state index is 15.5. The Kier molecular flexibility index (Phi) is 4.94. The number of benzene rings is 1. The maximum absolute atomic E-state index is 15.5. The number of halogens is 1. The fourth-order valence-corrected chi connectivity index (χ4v) is 6.03. The Labute approximate surface area is 188 Å². The quantitative estimate of drug-likeness (QED) is 0.564. The highest BCUT2D eigenvalue weighted by Gasteiger charge is 2.35. The molecule has 9 heteroatoms. The number of carbonyl (C=O) groups is 1. The van der Waals surface area contributed by atoms with E-state index in [2.05, 4.69) is 0 Å². The van der Waals surface area contributed by atoms with Crippen molar-refractivity contribution in [1.29, 1.82) is 0 Å². The monoisotopic (exact) mass is 459 g/mol. The molecule has 5 rings (SSSR count). The number of thiophene rings is 1. The molecule has 1 unspecified atom stereocenters. The summed E-state index contributed by atoms with van der Waals surface area (Å²) in [6.45, 7) is 4.58. The van der Waals surface area contributed by atoms with Crippen LogP contribution in [0.5, 0.6) is 11.5 Å². The summed E-state index contributed by atoms with van der Waals surface area (Å²) in [5.74, 6) is -0.613. The van der Waals surface area contributed by atoms with Crippen LogP contribution in [0.4, 0.5) is 10.1 Å². The lowest BCUT2D eigenvalue weighted by Crippen LogP contribution is -2.30. The third kappa shape index (κ3) is 3.02. The minimum Gasteiger partial charge on any atom is -0.505 e. The number of pyridine rings is 1. The van der Waals surface area contributed by atoms with Crippen LogP contribution in [-0.2, 0) is 0 Å². The summed E-state index contributed by atoms with van der Waals surface area (Å²) in [5.41, 5.74) is 6.45. The molecule has 2 atom stereocenters. The highest BCUT2D eigenvalue weighted by molar-refractivity contribution is 7.21. The molecular weight excluding hydrogens is 433 g/mol. The molecule has 2 aromatic heterocycles. The molecule has 32 heavy (non-hydrogen) atoms. The summed E-state index contributed by atoms with van der Waals surface area (Å²) in [7, 11) is 1.48. The second kappa shape index (κ2) is 7.45. The van der Waals surface area contributed by atoms with Gasteiger partial charge in [-0.15, -0.1) is 11.3 Å². The van der Waals surface area contributed by atoms with Crippen LogP contribution in [0, 0.1) is 11.7 Å². The van der Waals surface area contributed by atoms with Crippen molar-refractivity contribution in [3.05, 3.63) is 27.0 Å². The van der Waals surface area contributed by atoms with Gasteiger partial charge in [-0.3, -0.25) is 9.59 Å². The third-order valence-corrected chi connectivity index (χ3v) is 7.98. The Morgan fingerprint density at radius 2 is 2.09 bits per heavy atom. The Hall–Kier alpha value is -2.65. The molecule has 1 aliphatic carbocycles. The average Bonchev–Trinajstić information content (AvgIpc) is 3.34. The van der Waals surface area contributed by atoms with Crippen LogP contribution >= 0.6 is 11.3 Å². The molecule has 170 valence electrons. The van der Waals surface area contributed by atoms with Gasteiger partial charge in [0.05, 0.1) is 18.0 Å². The number of methoxy groups -OCH3 is 1. The highest BCUT2D eigenvalue weighted by Crippen LogP contribution is 2.48. The van der Waals surface area contributed by atoms with Crippen LogP contribution in [0.25, 0.3) is 21.1 Å². The van der Waals surface area contributed by atoms with Gasteiger partial charge in [0.2, 0.25) is 5.43 Å². The summed E-state index contributed by atoms with van der Waals surface area (Å²) in [5, 5.41) is 10.9. The molecule has 0 radical (unpaired) electrons. The standard InChI is InChI=1S/C23H26FN3O4S/c1-10(25)12-6-7-26(9-12)18-15(24)8-14-17(21(18)31-3)27(13-4-5-13)23-16(19(14)29)20(30)22(32-23)11(2)28/h8,10,12-13,30H,4-7,9,25H2,1-3H3/t10-,12?/m0/s1. The number of aromatic nitrogens is 1. The van der Waals surface area contributed by atoms with Crippen molar-refractivity contribution in [2.75, 3.05) is 25.1 Å². The van der Waals surface area contributed by atoms with Crippen molar-refractivity contribution in [1.82, 2.24) is 4.57 Å². The molecule has 1 saturated heterocycles. The van der Waals surface area contributed by atoms with E-state index in [0.717, 1.165) is 30.6 Å². The number of nitrogens with two attached hydrogens (primary N) is 1. The van der Waals surface area contributed by atoms with Gasteiger partial charge >= 0.3 is 0 Å². The van der Waals surface area contributed by atoms with Gasteiger partial charge in [-0.05, 0) is 38.2 Å². The molecule has 2 aliphatic rings. The first-order valence-corrected chi connectivity index (χ1v) is 11.7. The van der Waals surface area contributed by atoms with Crippen molar-refractivity contribution in [3.8, 4) is 11.5 Å². The van der Waals surface area contributed by atoms with Gasteiger partial charge < -0.3 is 25.0 Å². The molecule has 3 N–H and O–H groups in total. The molecular formula is C23H26FN3O4S. The topological polar surface area (TPSA) is 97.8 Å². The predicted octanol–water partition coefficient (Wildman–Crippen LogP) is 3.78. The minimum atomic E-state index is -0.542. The van der Waals surface area contributed by atoms with E-state index < -0.39 is 11.2 Å². The Bertz CT molecular complexity index is 1320. The van der Waals surface area contributed by atoms with Crippen molar-refractivity contribution in [2.45, 2.75) is 45.2 Å². The van der Waals surface area contributed by atoms with Crippen molar-refractivity contribution < 1.29 is 19.0 Å². The van der Waals surface area contributed by atoms with Crippen molar-refractivity contribution in [3.63, 3.8) is 0 Å². The second-order valence-electron chi connectivity index (χ2n) is 8.94. The number of hydrogen-bond acceptors (Lipinski definition) is 7. The number of ketones is 1. The van der Waals surface area contributed by atoms with Crippen LogP contribution in [0.15, 0.2) is 10.9 Å². The first kappa shape index (κ1) is 21.2. The Morgan fingerprint density at radius 1 is 1.38 bits per heavy atom. The number of ether oxygens (including phenoxy) is 1. The number of hydrogen-bond donors (Lipinski definition) is 2. The van der Waals surface area contributed by atoms with Crippen molar-refractivity contribution >= 4 is 43.9 Å². The van der Waals surface area contributed by atoms with Gasteiger partial charge in [-0.2, -0.15) is 0 Å². The van der Waals surface area contributed by atoms with E-state index in [0.29, 0.717) is 34.9 Å². The molecule has 3 heterocycles. The van der Waals surface area contributed by atoms with Crippen LogP contribution in [0.3, 0.4) is 0 Å². The normalized spacial score (nSPS) is 19.8. The van der Waals surface area contributed by atoms with Crippen molar-refractivity contribution in [2.24, 2.45) is 11.7 Å². The van der Waals surface area contributed by atoms with Gasteiger partial charge in [0.15, 0.2) is 23.1 Å². The molecule has 0 amide bonds. The summed E-state index contributed by atoms with van der Waals surface area (Å²) < 4.78 is 23.2. The van der Waals surface area contributed by atoms with Gasteiger partial charge in [0.25, 0.3) is 0 Å². The maximum Gasteiger partial charge on any atom is 0.202 e. The number of anilines is 1.